The second kappa shape index (κ2) is 8.00. The van der Waals surface area contributed by atoms with E-state index in [0.717, 1.165) is 6.07 Å². The molecule has 0 aromatic heterocycles. The van der Waals surface area contributed by atoms with Crippen molar-refractivity contribution in [2.45, 2.75) is 12.7 Å². The van der Waals surface area contributed by atoms with Gasteiger partial charge in [-0.2, -0.15) is 13.2 Å². The van der Waals surface area contributed by atoms with Crippen molar-refractivity contribution in [1.29, 1.82) is 0 Å². The van der Waals surface area contributed by atoms with Gasteiger partial charge in [0.25, 0.3) is 11.8 Å². The van der Waals surface area contributed by atoms with Crippen LogP contribution in [-0.4, -0.2) is 37.0 Å². The Morgan fingerprint density at radius 1 is 1.28 bits per heavy atom. The molecular weight excluding hydrogens is 416 g/mol. The van der Waals surface area contributed by atoms with Crippen LogP contribution in [0.15, 0.2) is 30.3 Å². The minimum absolute atomic E-state index is 0.122. The Balaban J connectivity index is 1.91. The number of ether oxygens (including phenoxy) is 1. The highest BCUT2D eigenvalue weighted by Gasteiger charge is 2.35. The average molecular weight is 431 g/mol. The largest absolute Gasteiger partial charge is 0.419 e. The van der Waals surface area contributed by atoms with Crippen LogP contribution in [0.5, 0.6) is 0 Å². The van der Waals surface area contributed by atoms with Gasteiger partial charge >= 0.3 is 6.18 Å². The van der Waals surface area contributed by atoms with Crippen LogP contribution < -0.4 is 5.32 Å². The lowest BCUT2D eigenvalue weighted by molar-refractivity contribution is -0.140. The van der Waals surface area contributed by atoms with Crippen molar-refractivity contribution in [3.8, 4) is 0 Å². The Labute approximate surface area is 168 Å². The van der Waals surface area contributed by atoms with Gasteiger partial charge in [-0.15, -0.1) is 0 Å². The number of carbonyl (C=O) groups is 2. The van der Waals surface area contributed by atoms with Crippen LogP contribution in [0.4, 0.5) is 23.2 Å². The first-order chi connectivity index (χ1) is 13.6. The van der Waals surface area contributed by atoms with Gasteiger partial charge in [0.15, 0.2) is 0 Å². The fourth-order valence-corrected chi connectivity index (χ4v) is 3.23. The summed E-state index contributed by atoms with van der Waals surface area (Å²) < 4.78 is 57.1. The molecule has 0 spiro atoms. The molecule has 0 bridgehead atoms. The van der Waals surface area contributed by atoms with E-state index in [-0.39, 0.29) is 23.2 Å². The molecule has 1 aliphatic rings. The number of alkyl halides is 3. The number of amides is 2. The van der Waals surface area contributed by atoms with Crippen LogP contribution in [0.25, 0.3) is 0 Å². The van der Waals surface area contributed by atoms with Crippen LogP contribution >= 0.6 is 11.6 Å². The van der Waals surface area contributed by atoms with Gasteiger partial charge in [0.1, 0.15) is 5.82 Å². The van der Waals surface area contributed by atoms with E-state index in [0.29, 0.717) is 36.4 Å². The molecule has 29 heavy (non-hydrogen) atoms. The van der Waals surface area contributed by atoms with Crippen LogP contribution in [0.3, 0.4) is 0 Å². The van der Waals surface area contributed by atoms with Gasteiger partial charge < -0.3 is 15.0 Å². The first-order valence-corrected chi connectivity index (χ1v) is 8.79. The van der Waals surface area contributed by atoms with E-state index in [4.69, 9.17) is 16.3 Å². The molecule has 2 amide bonds. The zero-order chi connectivity index (χ0) is 21.3. The summed E-state index contributed by atoms with van der Waals surface area (Å²) in [7, 11) is 1.49. The molecule has 0 saturated heterocycles. The second-order valence-corrected chi connectivity index (χ2v) is 6.72. The minimum Gasteiger partial charge on any atom is -0.383 e. The third kappa shape index (κ3) is 4.20. The molecule has 1 aliphatic heterocycles. The molecule has 0 saturated carbocycles. The summed E-state index contributed by atoms with van der Waals surface area (Å²) in [5.74, 6) is -2.66. The quantitative estimate of drug-likeness (QED) is 0.717. The molecule has 2 aromatic rings. The fourth-order valence-electron chi connectivity index (χ4n) is 3.00. The van der Waals surface area contributed by atoms with Crippen molar-refractivity contribution < 1.29 is 31.9 Å². The van der Waals surface area contributed by atoms with Gasteiger partial charge in [0.05, 0.1) is 22.9 Å². The van der Waals surface area contributed by atoms with E-state index in [9.17, 15) is 27.2 Å². The van der Waals surface area contributed by atoms with Gasteiger partial charge in [-0.25, -0.2) is 4.39 Å². The monoisotopic (exact) mass is 430 g/mol. The van der Waals surface area contributed by atoms with Gasteiger partial charge in [-0.05, 0) is 30.3 Å². The number of benzene rings is 2. The SMILES string of the molecule is COCCN1Cc2c(ccc(Cl)c2NC(=O)c2ccc(F)c(C(F)(F)F)c2)C1=O. The predicted octanol–water partition coefficient (Wildman–Crippen LogP) is 4.35. The lowest BCUT2D eigenvalue weighted by Crippen LogP contribution is -2.27. The van der Waals surface area contributed by atoms with E-state index in [1.54, 1.807) is 0 Å². The van der Waals surface area contributed by atoms with Crippen molar-refractivity contribution in [2.75, 3.05) is 25.6 Å². The highest BCUT2D eigenvalue weighted by atomic mass is 35.5. The topological polar surface area (TPSA) is 58.6 Å². The molecular formula is C19H15ClF4N2O3. The van der Waals surface area contributed by atoms with Crippen LogP contribution in [-0.2, 0) is 17.5 Å². The number of nitrogens with zero attached hydrogens (tertiary/aromatic N) is 1. The number of halogens is 5. The maximum atomic E-state index is 13.5. The zero-order valence-corrected chi connectivity index (χ0v) is 15.8. The van der Waals surface area contributed by atoms with E-state index in [1.165, 1.54) is 24.1 Å². The van der Waals surface area contributed by atoms with Crippen LogP contribution in [0.1, 0.15) is 31.8 Å². The first kappa shape index (κ1) is 21.1. The van der Waals surface area contributed by atoms with Crippen LogP contribution in [0.2, 0.25) is 5.02 Å². The summed E-state index contributed by atoms with van der Waals surface area (Å²) in [5.41, 5.74) is -1.04. The van der Waals surface area contributed by atoms with Gasteiger partial charge in [0.2, 0.25) is 0 Å². The Morgan fingerprint density at radius 3 is 2.66 bits per heavy atom. The number of fused-ring (bicyclic) bond motifs is 1. The summed E-state index contributed by atoms with van der Waals surface area (Å²) >= 11 is 6.16. The zero-order valence-electron chi connectivity index (χ0n) is 15.1. The fraction of sp³-hybridized carbons (Fsp3) is 0.263. The molecule has 0 atom stereocenters. The number of rotatable bonds is 5. The second-order valence-electron chi connectivity index (χ2n) is 6.31. The van der Waals surface area contributed by atoms with Crippen molar-refractivity contribution in [3.63, 3.8) is 0 Å². The summed E-state index contributed by atoms with van der Waals surface area (Å²) in [6, 6.07) is 4.87. The molecule has 10 heteroatoms. The van der Waals surface area contributed by atoms with Crippen molar-refractivity contribution in [1.82, 2.24) is 4.90 Å². The molecule has 2 aromatic carbocycles. The lowest BCUT2D eigenvalue weighted by Gasteiger charge is -2.15. The maximum absolute atomic E-state index is 13.5. The third-order valence-electron chi connectivity index (χ3n) is 4.47. The van der Waals surface area contributed by atoms with E-state index in [1.807, 2.05) is 0 Å². The Bertz CT molecular complexity index is 979. The van der Waals surface area contributed by atoms with Gasteiger partial charge in [-0.1, -0.05) is 11.6 Å². The van der Waals surface area contributed by atoms with Crippen molar-refractivity contribution in [3.05, 3.63) is 63.4 Å². The lowest BCUT2D eigenvalue weighted by atomic mass is 10.1. The summed E-state index contributed by atoms with van der Waals surface area (Å²) in [6.45, 7) is 0.789. The number of carbonyl (C=O) groups excluding carboxylic acids is 2. The molecule has 1 heterocycles. The normalized spacial score (nSPS) is 13.6. The highest BCUT2D eigenvalue weighted by molar-refractivity contribution is 6.34. The third-order valence-corrected chi connectivity index (χ3v) is 4.78. The smallest absolute Gasteiger partial charge is 0.383 e. The Kier molecular flexibility index (Phi) is 5.81. The summed E-state index contributed by atoms with van der Waals surface area (Å²) in [5, 5.41) is 2.57. The number of methoxy groups -OCH3 is 1. The highest BCUT2D eigenvalue weighted by Crippen LogP contribution is 2.36. The molecule has 1 N–H and O–H groups in total. The van der Waals surface area contributed by atoms with E-state index < -0.39 is 29.0 Å². The number of hydrogen-bond donors (Lipinski definition) is 1. The predicted molar refractivity (Wildman–Crippen MR) is 97.4 cm³/mol. The molecule has 0 fully saturated rings. The first-order valence-electron chi connectivity index (χ1n) is 8.41. The standard InChI is InChI=1S/C19H15ClF4N2O3/c1-29-7-6-26-9-12-11(18(26)28)3-4-14(20)16(12)25-17(27)10-2-5-15(21)13(8-10)19(22,23)24/h2-5,8H,6-7,9H2,1H3,(H,25,27). The van der Waals surface area contributed by atoms with Gasteiger partial charge in [-0.3, -0.25) is 9.59 Å². The molecule has 5 nitrogen and oxygen atoms in total. The number of hydrogen-bond acceptors (Lipinski definition) is 3. The average Bonchev–Trinajstić information content (AvgIpc) is 2.97. The molecule has 154 valence electrons. The minimum atomic E-state index is -4.94. The number of nitrogens with one attached hydrogen (secondary N) is 1. The summed E-state index contributed by atoms with van der Waals surface area (Å²) in [6.07, 6.45) is -4.94. The van der Waals surface area contributed by atoms with Crippen molar-refractivity contribution >= 4 is 29.1 Å². The molecule has 3 rings (SSSR count). The Hall–Kier alpha value is -2.65. The van der Waals surface area contributed by atoms with Crippen LogP contribution in [0, 0.1) is 5.82 Å². The number of anilines is 1. The molecule has 0 unspecified atom stereocenters. The molecule has 0 aliphatic carbocycles. The van der Waals surface area contributed by atoms with E-state index >= 15 is 0 Å². The van der Waals surface area contributed by atoms with Gasteiger partial charge in [0, 0.05) is 36.9 Å². The summed E-state index contributed by atoms with van der Waals surface area (Å²) in [4.78, 5) is 26.5. The molecule has 0 radical (unpaired) electrons. The maximum Gasteiger partial charge on any atom is 0.419 e. The Morgan fingerprint density at radius 2 is 2.00 bits per heavy atom. The van der Waals surface area contributed by atoms with E-state index in [2.05, 4.69) is 5.32 Å². The van der Waals surface area contributed by atoms with Crippen molar-refractivity contribution in [2.24, 2.45) is 0 Å².